The van der Waals surface area contributed by atoms with Crippen molar-refractivity contribution in [3.05, 3.63) is 35.9 Å². The van der Waals surface area contributed by atoms with Crippen molar-refractivity contribution in [1.29, 1.82) is 0 Å². The molecule has 1 heterocycles. The van der Waals surface area contributed by atoms with Gasteiger partial charge in [0.25, 0.3) is 0 Å². The zero-order valence-electron chi connectivity index (χ0n) is 9.32. The van der Waals surface area contributed by atoms with Crippen LogP contribution in [0.15, 0.2) is 30.3 Å². The predicted octanol–water partition coefficient (Wildman–Crippen LogP) is 2.07. The summed E-state index contributed by atoms with van der Waals surface area (Å²) in [6, 6.07) is 11.1. The Bertz CT molecular complexity index is 297. The Labute approximate surface area is 91.9 Å². The van der Waals surface area contributed by atoms with E-state index in [4.69, 9.17) is 5.73 Å². The normalized spacial score (nSPS) is 31.5. The lowest BCUT2D eigenvalue weighted by Crippen LogP contribution is -2.46. The fourth-order valence-corrected chi connectivity index (χ4v) is 2.39. The molecule has 0 aliphatic carbocycles. The van der Waals surface area contributed by atoms with E-state index in [1.54, 1.807) is 0 Å². The van der Waals surface area contributed by atoms with Crippen LogP contribution in [0.3, 0.4) is 0 Å². The van der Waals surface area contributed by atoms with E-state index in [1.807, 2.05) is 6.07 Å². The number of nitrogens with one attached hydrogen (secondary N) is 1. The first-order valence-corrected chi connectivity index (χ1v) is 5.85. The van der Waals surface area contributed by atoms with Crippen molar-refractivity contribution in [1.82, 2.24) is 5.32 Å². The quantitative estimate of drug-likeness (QED) is 0.774. The summed E-state index contributed by atoms with van der Waals surface area (Å²) in [5.41, 5.74) is 7.53. The maximum atomic E-state index is 6.21. The summed E-state index contributed by atoms with van der Waals surface area (Å²) in [5.74, 6) is 0.750. The molecule has 1 aromatic rings. The predicted molar refractivity (Wildman–Crippen MR) is 63.6 cm³/mol. The highest BCUT2D eigenvalue weighted by Gasteiger charge is 2.27. The third-order valence-electron chi connectivity index (χ3n) is 3.40. The van der Waals surface area contributed by atoms with Crippen molar-refractivity contribution in [2.45, 2.75) is 31.8 Å². The molecule has 3 unspecified atom stereocenters. The first-order valence-electron chi connectivity index (χ1n) is 5.85. The second kappa shape index (κ2) is 4.77. The van der Waals surface area contributed by atoms with Gasteiger partial charge >= 0.3 is 0 Å². The first-order chi connectivity index (χ1) is 7.31. The second-order valence-corrected chi connectivity index (χ2v) is 4.47. The van der Waals surface area contributed by atoms with Gasteiger partial charge < -0.3 is 11.1 Å². The smallest absolute Gasteiger partial charge is 0.0473 e. The van der Waals surface area contributed by atoms with Crippen molar-refractivity contribution in [3.63, 3.8) is 0 Å². The number of hydrogen-bond acceptors (Lipinski definition) is 2. The Morgan fingerprint density at radius 2 is 2.07 bits per heavy atom. The molecule has 2 heteroatoms. The van der Waals surface area contributed by atoms with Crippen LogP contribution in [0.5, 0.6) is 0 Å². The van der Waals surface area contributed by atoms with Gasteiger partial charge in [0.15, 0.2) is 0 Å². The number of hydrogen-bond donors (Lipinski definition) is 2. The molecule has 2 rings (SSSR count). The molecule has 0 radical (unpaired) electrons. The van der Waals surface area contributed by atoms with Crippen LogP contribution in [-0.2, 0) is 0 Å². The van der Waals surface area contributed by atoms with Crippen molar-refractivity contribution >= 4 is 0 Å². The van der Waals surface area contributed by atoms with Crippen LogP contribution in [0.25, 0.3) is 0 Å². The molecule has 1 fully saturated rings. The van der Waals surface area contributed by atoms with Crippen LogP contribution in [0.1, 0.15) is 31.4 Å². The average molecular weight is 204 g/mol. The van der Waals surface area contributed by atoms with Crippen LogP contribution in [-0.4, -0.2) is 12.6 Å². The summed E-state index contributed by atoms with van der Waals surface area (Å²) in [7, 11) is 0. The maximum absolute atomic E-state index is 6.21. The second-order valence-electron chi connectivity index (χ2n) is 4.47. The standard InChI is InChI=1S/C13H20N2/c1-2-10-8-12(14)13(15-9-10)11-6-4-3-5-7-11/h3-7,10,12-13,15H,2,8-9,14H2,1H3. The molecule has 0 saturated carbocycles. The molecular weight excluding hydrogens is 184 g/mol. The number of rotatable bonds is 2. The minimum atomic E-state index is 0.256. The molecule has 0 spiro atoms. The molecule has 1 aliphatic rings. The highest BCUT2D eigenvalue weighted by Crippen LogP contribution is 2.26. The molecule has 2 nitrogen and oxygen atoms in total. The molecule has 0 aromatic heterocycles. The minimum Gasteiger partial charge on any atom is -0.326 e. The Kier molecular flexibility index (Phi) is 3.39. The van der Waals surface area contributed by atoms with E-state index in [0.717, 1.165) is 18.9 Å². The summed E-state index contributed by atoms with van der Waals surface area (Å²) in [5, 5.41) is 3.56. The zero-order valence-corrected chi connectivity index (χ0v) is 9.32. The van der Waals surface area contributed by atoms with Crippen LogP contribution < -0.4 is 11.1 Å². The van der Waals surface area contributed by atoms with E-state index in [0.29, 0.717) is 6.04 Å². The monoisotopic (exact) mass is 204 g/mol. The van der Waals surface area contributed by atoms with Crippen molar-refractivity contribution in [2.75, 3.05) is 6.54 Å². The van der Waals surface area contributed by atoms with Gasteiger partial charge in [-0.25, -0.2) is 0 Å². The highest BCUT2D eigenvalue weighted by atomic mass is 15.0. The molecule has 82 valence electrons. The lowest BCUT2D eigenvalue weighted by atomic mass is 9.86. The molecule has 0 amide bonds. The van der Waals surface area contributed by atoms with Gasteiger partial charge in [0.05, 0.1) is 0 Å². The van der Waals surface area contributed by atoms with Crippen LogP contribution in [0.4, 0.5) is 0 Å². The molecule has 15 heavy (non-hydrogen) atoms. The topological polar surface area (TPSA) is 38.0 Å². The molecule has 3 atom stereocenters. The Morgan fingerprint density at radius 3 is 2.67 bits per heavy atom. The molecule has 1 aliphatic heterocycles. The first kappa shape index (κ1) is 10.7. The molecule has 1 saturated heterocycles. The fraction of sp³-hybridized carbons (Fsp3) is 0.538. The van der Waals surface area contributed by atoms with Crippen molar-refractivity contribution in [2.24, 2.45) is 11.7 Å². The third-order valence-corrected chi connectivity index (χ3v) is 3.40. The average Bonchev–Trinajstić information content (AvgIpc) is 2.30. The van der Waals surface area contributed by atoms with E-state index >= 15 is 0 Å². The van der Waals surface area contributed by atoms with Gasteiger partial charge in [-0.1, -0.05) is 43.7 Å². The highest BCUT2D eigenvalue weighted by molar-refractivity contribution is 5.21. The van der Waals surface area contributed by atoms with Gasteiger partial charge in [-0.2, -0.15) is 0 Å². The van der Waals surface area contributed by atoms with Crippen LogP contribution >= 0.6 is 0 Å². The molecular formula is C13H20N2. The van der Waals surface area contributed by atoms with Crippen molar-refractivity contribution < 1.29 is 0 Å². The van der Waals surface area contributed by atoms with Gasteiger partial charge in [0, 0.05) is 12.1 Å². The zero-order chi connectivity index (χ0) is 10.7. The van der Waals surface area contributed by atoms with E-state index < -0.39 is 0 Å². The van der Waals surface area contributed by atoms with E-state index in [-0.39, 0.29) is 6.04 Å². The lowest BCUT2D eigenvalue weighted by molar-refractivity contribution is 0.271. The Balaban J connectivity index is 2.06. The third kappa shape index (κ3) is 2.39. The SMILES string of the molecule is CCC1CNC(c2ccccc2)C(N)C1. The van der Waals surface area contributed by atoms with Gasteiger partial charge in [-0.05, 0) is 24.4 Å². The Hall–Kier alpha value is -0.860. The van der Waals surface area contributed by atoms with Crippen LogP contribution in [0.2, 0.25) is 0 Å². The number of piperidine rings is 1. The van der Waals surface area contributed by atoms with E-state index in [1.165, 1.54) is 12.0 Å². The summed E-state index contributed by atoms with van der Waals surface area (Å²) < 4.78 is 0. The van der Waals surface area contributed by atoms with Crippen molar-refractivity contribution in [3.8, 4) is 0 Å². The van der Waals surface area contributed by atoms with E-state index in [9.17, 15) is 0 Å². The van der Waals surface area contributed by atoms with Gasteiger partial charge in [0.1, 0.15) is 0 Å². The molecule has 0 bridgehead atoms. The van der Waals surface area contributed by atoms with Gasteiger partial charge in [-0.3, -0.25) is 0 Å². The van der Waals surface area contributed by atoms with Gasteiger partial charge in [-0.15, -0.1) is 0 Å². The van der Waals surface area contributed by atoms with Crippen LogP contribution in [0, 0.1) is 5.92 Å². The summed E-state index contributed by atoms with van der Waals surface area (Å²) in [6.45, 7) is 3.34. The lowest BCUT2D eigenvalue weighted by Gasteiger charge is -2.35. The Morgan fingerprint density at radius 1 is 1.33 bits per heavy atom. The van der Waals surface area contributed by atoms with Gasteiger partial charge in [0.2, 0.25) is 0 Å². The summed E-state index contributed by atoms with van der Waals surface area (Å²) >= 11 is 0. The fourth-order valence-electron chi connectivity index (χ4n) is 2.39. The summed E-state index contributed by atoms with van der Waals surface area (Å²) in [4.78, 5) is 0. The van der Waals surface area contributed by atoms with E-state index in [2.05, 4.69) is 36.5 Å². The number of benzene rings is 1. The largest absolute Gasteiger partial charge is 0.326 e. The maximum Gasteiger partial charge on any atom is 0.0473 e. The minimum absolute atomic E-state index is 0.256. The summed E-state index contributed by atoms with van der Waals surface area (Å²) in [6.07, 6.45) is 2.37. The number of nitrogens with two attached hydrogens (primary N) is 1. The molecule has 3 N–H and O–H groups in total. The molecule has 1 aromatic carbocycles.